The van der Waals surface area contributed by atoms with E-state index >= 15 is 0 Å². The summed E-state index contributed by atoms with van der Waals surface area (Å²) in [6, 6.07) is 8.69. The Bertz CT molecular complexity index is 1090. The highest BCUT2D eigenvalue weighted by molar-refractivity contribution is 8.15. The molecule has 1 aromatic carbocycles. The SMILES string of the molecule is CC1=C(OC(C)(C)C(C)(C)N2CCCN(c3ccnc4cc(C)ccc34)CC2)C(C)SC1=O. The molecule has 2 aromatic rings. The highest BCUT2D eigenvalue weighted by atomic mass is 32.2. The van der Waals surface area contributed by atoms with E-state index in [1.54, 1.807) is 0 Å². The van der Waals surface area contributed by atoms with E-state index in [2.05, 4.69) is 80.6 Å². The molecule has 0 amide bonds. The molecule has 178 valence electrons. The normalized spacial score (nSPS) is 21.1. The van der Waals surface area contributed by atoms with Crippen LogP contribution in [0, 0.1) is 6.92 Å². The van der Waals surface area contributed by atoms with Crippen LogP contribution < -0.4 is 4.90 Å². The first-order valence-corrected chi connectivity index (χ1v) is 12.9. The maximum atomic E-state index is 12.2. The summed E-state index contributed by atoms with van der Waals surface area (Å²) in [7, 11) is 0. The number of aryl methyl sites for hydroxylation is 1. The van der Waals surface area contributed by atoms with Crippen LogP contribution in [0.2, 0.25) is 0 Å². The summed E-state index contributed by atoms with van der Waals surface area (Å²) in [5.74, 6) is 0.845. The van der Waals surface area contributed by atoms with Crippen molar-refractivity contribution in [2.75, 3.05) is 31.1 Å². The van der Waals surface area contributed by atoms with Crippen molar-refractivity contribution >= 4 is 33.5 Å². The number of benzene rings is 1. The summed E-state index contributed by atoms with van der Waals surface area (Å²) in [6.45, 7) is 18.9. The van der Waals surface area contributed by atoms with Gasteiger partial charge in [0.1, 0.15) is 11.4 Å². The molecule has 0 N–H and O–H groups in total. The molecule has 4 rings (SSSR count). The number of carbonyl (C=O) groups excluding carboxylic acids is 1. The average Bonchev–Trinajstić information content (AvgIpc) is 2.94. The van der Waals surface area contributed by atoms with Gasteiger partial charge in [-0.15, -0.1) is 0 Å². The Balaban J connectivity index is 1.53. The van der Waals surface area contributed by atoms with Crippen LogP contribution in [0.4, 0.5) is 5.69 Å². The van der Waals surface area contributed by atoms with Gasteiger partial charge in [0.2, 0.25) is 5.12 Å². The lowest BCUT2D eigenvalue weighted by Gasteiger charge is -2.49. The van der Waals surface area contributed by atoms with Crippen LogP contribution in [0.3, 0.4) is 0 Å². The molecule has 0 radical (unpaired) electrons. The number of hydrogen-bond donors (Lipinski definition) is 0. The van der Waals surface area contributed by atoms with Gasteiger partial charge in [0.25, 0.3) is 0 Å². The van der Waals surface area contributed by atoms with Gasteiger partial charge in [-0.25, -0.2) is 0 Å². The number of carbonyl (C=O) groups is 1. The highest BCUT2D eigenvalue weighted by Gasteiger charge is 2.46. The van der Waals surface area contributed by atoms with E-state index in [0.717, 1.165) is 49.4 Å². The van der Waals surface area contributed by atoms with Gasteiger partial charge in [0, 0.05) is 49.0 Å². The molecule has 3 heterocycles. The molecule has 2 aliphatic rings. The Morgan fingerprint density at radius 2 is 1.82 bits per heavy atom. The maximum absolute atomic E-state index is 12.2. The number of nitrogens with zero attached hydrogens (tertiary/aromatic N) is 3. The van der Waals surface area contributed by atoms with E-state index in [1.807, 2.05) is 13.1 Å². The first kappa shape index (κ1) is 24.1. The van der Waals surface area contributed by atoms with Crippen molar-refractivity contribution in [3.05, 3.63) is 47.4 Å². The minimum absolute atomic E-state index is 0.0795. The van der Waals surface area contributed by atoms with Crippen LogP contribution in [0.25, 0.3) is 10.9 Å². The van der Waals surface area contributed by atoms with E-state index in [9.17, 15) is 4.79 Å². The third-order valence-corrected chi connectivity index (χ3v) is 8.76. The monoisotopic (exact) mass is 467 g/mol. The summed E-state index contributed by atoms with van der Waals surface area (Å²) >= 11 is 1.36. The zero-order valence-electron chi connectivity index (χ0n) is 21.1. The van der Waals surface area contributed by atoms with Gasteiger partial charge < -0.3 is 9.64 Å². The zero-order valence-corrected chi connectivity index (χ0v) is 21.9. The first-order valence-electron chi connectivity index (χ1n) is 12.0. The number of rotatable bonds is 5. The molecule has 33 heavy (non-hydrogen) atoms. The fourth-order valence-electron chi connectivity index (χ4n) is 4.88. The molecule has 0 spiro atoms. The number of aromatic nitrogens is 1. The minimum Gasteiger partial charge on any atom is -0.489 e. The van der Waals surface area contributed by atoms with E-state index in [4.69, 9.17) is 4.74 Å². The first-order chi connectivity index (χ1) is 15.5. The Morgan fingerprint density at radius 1 is 1.06 bits per heavy atom. The van der Waals surface area contributed by atoms with Gasteiger partial charge in [-0.2, -0.15) is 0 Å². The molecule has 1 atom stereocenters. The molecule has 5 nitrogen and oxygen atoms in total. The number of anilines is 1. The van der Waals surface area contributed by atoms with Crippen LogP contribution in [-0.4, -0.2) is 57.6 Å². The van der Waals surface area contributed by atoms with Crippen molar-refractivity contribution in [2.45, 2.75) is 71.3 Å². The smallest absolute Gasteiger partial charge is 0.219 e. The van der Waals surface area contributed by atoms with Gasteiger partial charge in [-0.3, -0.25) is 14.7 Å². The van der Waals surface area contributed by atoms with E-state index in [1.165, 1.54) is 28.4 Å². The largest absolute Gasteiger partial charge is 0.489 e. The van der Waals surface area contributed by atoms with Crippen LogP contribution in [0.5, 0.6) is 0 Å². The summed E-state index contributed by atoms with van der Waals surface area (Å²) in [4.78, 5) is 21.8. The van der Waals surface area contributed by atoms with E-state index < -0.39 is 5.60 Å². The molecular weight excluding hydrogens is 430 g/mol. The fraction of sp³-hybridized carbons (Fsp3) is 0.556. The summed E-state index contributed by atoms with van der Waals surface area (Å²) in [5.41, 5.74) is 3.68. The summed E-state index contributed by atoms with van der Waals surface area (Å²) < 4.78 is 6.61. The van der Waals surface area contributed by atoms with Crippen molar-refractivity contribution in [1.82, 2.24) is 9.88 Å². The molecule has 0 saturated carbocycles. The lowest BCUT2D eigenvalue weighted by Crippen LogP contribution is -2.60. The predicted molar refractivity (Wildman–Crippen MR) is 139 cm³/mol. The molecule has 0 bridgehead atoms. The molecule has 0 aliphatic carbocycles. The van der Waals surface area contributed by atoms with Gasteiger partial charge in [-0.05, 0) is 72.6 Å². The van der Waals surface area contributed by atoms with Crippen LogP contribution in [0.1, 0.15) is 53.5 Å². The van der Waals surface area contributed by atoms with Crippen LogP contribution >= 0.6 is 11.8 Å². The van der Waals surface area contributed by atoms with Crippen LogP contribution in [0.15, 0.2) is 41.8 Å². The quantitative estimate of drug-likeness (QED) is 0.573. The van der Waals surface area contributed by atoms with Crippen molar-refractivity contribution in [3.63, 3.8) is 0 Å². The highest BCUT2D eigenvalue weighted by Crippen LogP contribution is 2.41. The second-order valence-electron chi connectivity index (χ2n) is 10.4. The van der Waals surface area contributed by atoms with Gasteiger partial charge in [-0.1, -0.05) is 23.9 Å². The molecule has 1 unspecified atom stereocenters. The molecular formula is C27H37N3O2S. The standard InChI is InChI=1S/C27H37N3O2S/c1-18-9-10-21-22(17-18)28-12-11-23(21)29-13-8-14-30(16-15-29)26(4,5)27(6,7)32-24-19(2)25(31)33-20(24)3/h9-12,17,20H,8,13-16H2,1-7H3. The lowest BCUT2D eigenvalue weighted by atomic mass is 9.83. The Hall–Kier alpha value is -2.05. The second-order valence-corrected chi connectivity index (χ2v) is 11.7. The molecule has 1 aromatic heterocycles. The third-order valence-electron chi connectivity index (χ3n) is 7.67. The number of fused-ring (bicyclic) bond motifs is 1. The van der Waals surface area contributed by atoms with Crippen molar-refractivity contribution in [2.24, 2.45) is 0 Å². The maximum Gasteiger partial charge on any atom is 0.219 e. The van der Waals surface area contributed by atoms with Crippen molar-refractivity contribution in [1.29, 1.82) is 0 Å². The predicted octanol–water partition coefficient (Wildman–Crippen LogP) is 5.57. The van der Waals surface area contributed by atoms with Crippen molar-refractivity contribution < 1.29 is 9.53 Å². The fourth-order valence-corrected chi connectivity index (χ4v) is 5.81. The Kier molecular flexibility index (Phi) is 6.53. The van der Waals surface area contributed by atoms with E-state index in [0.29, 0.717) is 0 Å². The lowest BCUT2D eigenvalue weighted by molar-refractivity contribution is -0.108. The number of pyridine rings is 1. The second kappa shape index (κ2) is 8.95. The summed E-state index contributed by atoms with van der Waals surface area (Å²) in [6.07, 6.45) is 3.01. The van der Waals surface area contributed by atoms with E-state index in [-0.39, 0.29) is 15.9 Å². The minimum atomic E-state index is -0.445. The Morgan fingerprint density at radius 3 is 2.52 bits per heavy atom. The number of hydrogen-bond acceptors (Lipinski definition) is 6. The third kappa shape index (κ3) is 4.52. The molecule has 1 saturated heterocycles. The van der Waals surface area contributed by atoms with Gasteiger partial charge in [0.05, 0.1) is 16.3 Å². The van der Waals surface area contributed by atoms with Crippen LogP contribution in [-0.2, 0) is 9.53 Å². The Labute approximate surface area is 202 Å². The number of ether oxygens (including phenoxy) is 1. The van der Waals surface area contributed by atoms with Gasteiger partial charge in [0.15, 0.2) is 0 Å². The van der Waals surface area contributed by atoms with Crippen molar-refractivity contribution in [3.8, 4) is 0 Å². The average molecular weight is 468 g/mol. The zero-order chi connectivity index (χ0) is 24.0. The van der Waals surface area contributed by atoms with Gasteiger partial charge >= 0.3 is 0 Å². The molecule has 2 aliphatic heterocycles. The molecule has 6 heteroatoms. The molecule has 1 fully saturated rings. The summed E-state index contributed by atoms with van der Waals surface area (Å²) in [5, 5.41) is 1.44. The number of thioether (sulfide) groups is 1. The topological polar surface area (TPSA) is 45.7 Å².